The maximum absolute atomic E-state index is 12.8. The summed E-state index contributed by atoms with van der Waals surface area (Å²) >= 11 is 0. The van der Waals surface area contributed by atoms with Crippen molar-refractivity contribution in [2.75, 3.05) is 0 Å². The SMILES string of the molecule is C/C=C\C(O)CC[C@@H](C)[C@@H](O)[C@H](C)[C@H]1CC=CC=CC=CC(O)C(=O)C(C)=CC=CC(C)=CC(O)C(C)=CCC(=O)O1. The number of ketones is 1. The van der Waals surface area contributed by atoms with Gasteiger partial charge in [0.1, 0.15) is 12.2 Å². The lowest BCUT2D eigenvalue weighted by Crippen LogP contribution is -2.37. The first kappa shape index (κ1) is 36.9. The lowest BCUT2D eigenvalue weighted by Gasteiger charge is -2.31. The highest BCUT2D eigenvalue weighted by atomic mass is 16.5. The number of Topliss-reactive ketones (excluding diaryl/α,β-unsaturated/α-hetero) is 1. The fourth-order valence-corrected chi connectivity index (χ4v) is 4.39. The number of allylic oxidation sites excluding steroid dienone is 9. The van der Waals surface area contributed by atoms with Gasteiger partial charge in [0, 0.05) is 12.3 Å². The molecule has 232 valence electrons. The second-order valence-electron chi connectivity index (χ2n) is 11.0. The van der Waals surface area contributed by atoms with Crippen LogP contribution < -0.4 is 0 Å². The molecule has 1 rings (SSSR count). The van der Waals surface area contributed by atoms with E-state index < -0.39 is 42.3 Å². The van der Waals surface area contributed by atoms with Gasteiger partial charge in [-0.15, -0.1) is 0 Å². The first-order chi connectivity index (χ1) is 19.9. The molecule has 0 fully saturated rings. The van der Waals surface area contributed by atoms with Crippen molar-refractivity contribution in [2.24, 2.45) is 11.8 Å². The van der Waals surface area contributed by atoms with Crippen molar-refractivity contribution in [3.63, 3.8) is 0 Å². The van der Waals surface area contributed by atoms with Crippen LogP contribution in [0.3, 0.4) is 0 Å². The van der Waals surface area contributed by atoms with Gasteiger partial charge in [0.2, 0.25) is 0 Å². The summed E-state index contributed by atoms with van der Waals surface area (Å²) in [5, 5.41) is 41.9. The number of esters is 1. The highest BCUT2D eigenvalue weighted by Crippen LogP contribution is 2.25. The van der Waals surface area contributed by atoms with Crippen LogP contribution in [0.25, 0.3) is 0 Å². The molecule has 0 aliphatic carbocycles. The minimum atomic E-state index is -1.28. The standard InChI is InChI=1S/C35H50O7/c1-7-14-29(36)21-19-27(5)34(40)28(6)32-18-12-10-8-9-11-17-30(37)35(41)26(4)16-13-15-24(2)23-31(38)25(3)20-22-33(39)42-32/h7-17,20,23,27-32,34,36-38,40H,18-19,21-22H2,1-6H3/b9-8?,12-10?,14-7-,15-13?,17-11?,24-23?,25-20?,26-16?/t27-,28-,29?,30?,31?,32-,34-/m1/s1. The van der Waals surface area contributed by atoms with Gasteiger partial charge < -0.3 is 25.2 Å². The number of hydrogen-bond donors (Lipinski definition) is 4. The van der Waals surface area contributed by atoms with Crippen molar-refractivity contribution < 1.29 is 34.8 Å². The number of ether oxygens (including phenoxy) is 1. The van der Waals surface area contributed by atoms with E-state index in [1.807, 2.05) is 33.8 Å². The fraction of sp³-hybridized carbons (Fsp3) is 0.486. The second-order valence-corrected chi connectivity index (χ2v) is 11.0. The third-order valence-corrected chi connectivity index (χ3v) is 7.30. The Balaban J connectivity index is 3.21. The van der Waals surface area contributed by atoms with Crippen molar-refractivity contribution in [3.8, 4) is 0 Å². The molecule has 0 spiro atoms. The Morgan fingerprint density at radius 3 is 2.36 bits per heavy atom. The van der Waals surface area contributed by atoms with Crippen LogP contribution >= 0.6 is 0 Å². The lowest BCUT2D eigenvalue weighted by molar-refractivity contribution is -0.153. The maximum Gasteiger partial charge on any atom is 0.309 e. The Bertz CT molecular complexity index is 1100. The molecule has 1 heterocycles. The summed E-state index contributed by atoms with van der Waals surface area (Å²) in [5.41, 5.74) is 1.73. The Morgan fingerprint density at radius 2 is 1.67 bits per heavy atom. The first-order valence-corrected chi connectivity index (χ1v) is 14.7. The molecule has 1 aliphatic heterocycles. The minimum absolute atomic E-state index is 0.0309. The average Bonchev–Trinajstić information content (AvgIpc) is 2.95. The largest absolute Gasteiger partial charge is 0.461 e. The molecule has 7 heteroatoms. The van der Waals surface area contributed by atoms with Gasteiger partial charge in [0.15, 0.2) is 5.78 Å². The highest BCUT2D eigenvalue weighted by Gasteiger charge is 2.30. The smallest absolute Gasteiger partial charge is 0.309 e. The zero-order valence-corrected chi connectivity index (χ0v) is 25.9. The van der Waals surface area contributed by atoms with Gasteiger partial charge in [-0.25, -0.2) is 0 Å². The minimum Gasteiger partial charge on any atom is -0.461 e. The normalized spacial score (nSPS) is 25.0. The average molecular weight is 583 g/mol. The molecule has 3 unspecified atom stereocenters. The Hall–Kier alpha value is -3.10. The third-order valence-electron chi connectivity index (χ3n) is 7.30. The molecular formula is C35H50O7. The van der Waals surface area contributed by atoms with Crippen LogP contribution in [0.15, 0.2) is 95.7 Å². The lowest BCUT2D eigenvalue weighted by atomic mass is 9.85. The summed E-state index contributed by atoms with van der Waals surface area (Å²) in [6, 6.07) is 0. The van der Waals surface area contributed by atoms with E-state index in [-0.39, 0.29) is 18.3 Å². The van der Waals surface area contributed by atoms with Crippen molar-refractivity contribution in [2.45, 2.75) is 97.7 Å². The molecule has 42 heavy (non-hydrogen) atoms. The number of carbonyl (C=O) groups is 2. The van der Waals surface area contributed by atoms with Crippen LogP contribution in [0.4, 0.5) is 0 Å². The maximum atomic E-state index is 12.8. The number of aliphatic hydroxyl groups is 4. The molecule has 4 N–H and O–H groups in total. The van der Waals surface area contributed by atoms with Gasteiger partial charge in [-0.2, -0.15) is 0 Å². The van der Waals surface area contributed by atoms with Crippen LogP contribution in [0.1, 0.15) is 67.2 Å². The van der Waals surface area contributed by atoms with E-state index in [2.05, 4.69) is 0 Å². The Kier molecular flexibility index (Phi) is 17.5. The molecule has 7 nitrogen and oxygen atoms in total. The monoisotopic (exact) mass is 582 g/mol. The van der Waals surface area contributed by atoms with Crippen molar-refractivity contribution >= 4 is 11.8 Å². The summed E-state index contributed by atoms with van der Waals surface area (Å²) in [6.07, 6.45) is 19.1. The van der Waals surface area contributed by atoms with Gasteiger partial charge >= 0.3 is 5.97 Å². The van der Waals surface area contributed by atoms with Crippen LogP contribution in [-0.4, -0.2) is 62.7 Å². The second kappa shape index (κ2) is 19.9. The summed E-state index contributed by atoms with van der Waals surface area (Å²) in [5.74, 6) is -1.39. The molecule has 0 aromatic heterocycles. The molecule has 0 saturated carbocycles. The number of cyclic esters (lactones) is 1. The van der Waals surface area contributed by atoms with Gasteiger partial charge in [-0.3, -0.25) is 9.59 Å². The van der Waals surface area contributed by atoms with E-state index in [1.54, 1.807) is 80.7 Å². The van der Waals surface area contributed by atoms with Gasteiger partial charge in [0.05, 0.1) is 24.7 Å². The quantitative estimate of drug-likeness (QED) is 0.234. The van der Waals surface area contributed by atoms with Crippen molar-refractivity contribution in [1.82, 2.24) is 0 Å². The number of rotatable bonds is 7. The molecule has 0 bridgehead atoms. The topological polar surface area (TPSA) is 124 Å². The number of aliphatic hydroxyl groups excluding tert-OH is 4. The summed E-state index contributed by atoms with van der Waals surface area (Å²) in [7, 11) is 0. The van der Waals surface area contributed by atoms with E-state index >= 15 is 0 Å². The van der Waals surface area contributed by atoms with E-state index in [4.69, 9.17) is 4.74 Å². The van der Waals surface area contributed by atoms with Gasteiger partial charge in [-0.05, 0) is 69.8 Å². The van der Waals surface area contributed by atoms with Crippen LogP contribution in [0.2, 0.25) is 0 Å². The first-order valence-electron chi connectivity index (χ1n) is 14.7. The van der Waals surface area contributed by atoms with E-state index in [0.717, 1.165) is 5.57 Å². The van der Waals surface area contributed by atoms with Crippen molar-refractivity contribution in [3.05, 3.63) is 95.7 Å². The zero-order valence-electron chi connectivity index (χ0n) is 25.9. The summed E-state index contributed by atoms with van der Waals surface area (Å²) in [6.45, 7) is 10.8. The van der Waals surface area contributed by atoms with E-state index in [0.29, 0.717) is 30.4 Å². The van der Waals surface area contributed by atoms with Gasteiger partial charge in [-0.1, -0.05) is 86.3 Å². The van der Waals surface area contributed by atoms with Crippen LogP contribution in [0.5, 0.6) is 0 Å². The molecule has 0 aromatic carbocycles. The van der Waals surface area contributed by atoms with E-state index in [9.17, 15) is 30.0 Å². The highest BCUT2D eigenvalue weighted by molar-refractivity contribution is 5.99. The summed E-state index contributed by atoms with van der Waals surface area (Å²) in [4.78, 5) is 25.2. The zero-order chi connectivity index (χ0) is 31.7. The van der Waals surface area contributed by atoms with Crippen LogP contribution in [0, 0.1) is 11.8 Å². The Labute approximate surface area is 251 Å². The number of hydrogen-bond acceptors (Lipinski definition) is 7. The third kappa shape index (κ3) is 14.2. The van der Waals surface area contributed by atoms with E-state index in [1.165, 1.54) is 6.08 Å². The molecule has 0 radical (unpaired) electrons. The van der Waals surface area contributed by atoms with Gasteiger partial charge in [0.25, 0.3) is 0 Å². The number of carbonyl (C=O) groups excluding carboxylic acids is 2. The van der Waals surface area contributed by atoms with Crippen molar-refractivity contribution in [1.29, 1.82) is 0 Å². The molecule has 0 aromatic rings. The molecule has 7 atom stereocenters. The molecule has 0 saturated heterocycles. The molecule has 0 amide bonds. The fourth-order valence-electron chi connectivity index (χ4n) is 4.39. The van der Waals surface area contributed by atoms with Crippen LogP contribution in [-0.2, 0) is 14.3 Å². The summed E-state index contributed by atoms with van der Waals surface area (Å²) < 4.78 is 5.82. The predicted octanol–water partition coefficient (Wildman–Crippen LogP) is 5.40. The Morgan fingerprint density at radius 1 is 0.976 bits per heavy atom. The predicted molar refractivity (Wildman–Crippen MR) is 168 cm³/mol. The molecular weight excluding hydrogens is 532 g/mol. The molecule has 1 aliphatic rings.